The summed E-state index contributed by atoms with van der Waals surface area (Å²) < 4.78 is 22.8. The lowest BCUT2D eigenvalue weighted by atomic mass is 10.1. The van der Waals surface area contributed by atoms with Crippen LogP contribution in [-0.2, 0) is 17.9 Å². The molecule has 0 saturated carbocycles. The summed E-state index contributed by atoms with van der Waals surface area (Å²) in [5.41, 5.74) is 2.68. The predicted octanol–water partition coefficient (Wildman–Crippen LogP) is 6.53. The van der Waals surface area contributed by atoms with Crippen molar-refractivity contribution in [3.8, 4) is 29.1 Å². The minimum absolute atomic E-state index is 0.00657. The molecular weight excluding hydrogens is 596 g/mol. The lowest BCUT2D eigenvalue weighted by Gasteiger charge is -2.14. The topological polar surface area (TPSA) is 98.1 Å². The van der Waals surface area contributed by atoms with Crippen molar-refractivity contribution < 1.29 is 28.5 Å². The van der Waals surface area contributed by atoms with E-state index in [1.54, 1.807) is 42.5 Å². The standard InChI is InChI=1S/C27H18BrClN2O6S/c1-34-23-7-17(6-19(28)25(23)35-13-16-4-2-15(11-30)3-5-16)8-24-26(32)31(27(33)38-24)12-18-9-21-22(10-20(18)29)37-14-36-21/h2-10H,12-14H2,1H3/b24-8+. The number of amides is 2. The molecule has 1 fully saturated rings. The first-order valence-corrected chi connectivity index (χ1v) is 13.2. The van der Waals surface area contributed by atoms with E-state index >= 15 is 0 Å². The molecule has 8 nitrogen and oxygen atoms in total. The highest BCUT2D eigenvalue weighted by Crippen LogP contribution is 2.41. The van der Waals surface area contributed by atoms with Crippen molar-refractivity contribution in [2.24, 2.45) is 0 Å². The van der Waals surface area contributed by atoms with E-state index in [0.29, 0.717) is 49.2 Å². The van der Waals surface area contributed by atoms with E-state index in [9.17, 15) is 9.59 Å². The van der Waals surface area contributed by atoms with Gasteiger partial charge >= 0.3 is 0 Å². The van der Waals surface area contributed by atoms with Gasteiger partial charge in [0.15, 0.2) is 23.0 Å². The van der Waals surface area contributed by atoms with Crippen molar-refractivity contribution in [2.45, 2.75) is 13.2 Å². The number of nitriles is 1. The average molecular weight is 614 g/mol. The molecule has 5 rings (SSSR count). The number of benzene rings is 3. The van der Waals surface area contributed by atoms with Crippen LogP contribution in [0.1, 0.15) is 22.3 Å². The zero-order chi connectivity index (χ0) is 26.8. The quantitative estimate of drug-likeness (QED) is 0.278. The molecule has 0 N–H and O–H groups in total. The smallest absolute Gasteiger partial charge is 0.293 e. The van der Waals surface area contributed by atoms with Gasteiger partial charge in [-0.15, -0.1) is 0 Å². The van der Waals surface area contributed by atoms with Crippen LogP contribution in [0.4, 0.5) is 4.79 Å². The van der Waals surface area contributed by atoms with E-state index in [1.807, 2.05) is 12.1 Å². The molecule has 3 aromatic rings. The van der Waals surface area contributed by atoms with Gasteiger partial charge in [-0.1, -0.05) is 23.7 Å². The van der Waals surface area contributed by atoms with Crippen LogP contribution < -0.4 is 18.9 Å². The molecule has 2 aliphatic heterocycles. The van der Waals surface area contributed by atoms with Gasteiger partial charge in [-0.3, -0.25) is 14.5 Å². The number of hydrogen-bond donors (Lipinski definition) is 0. The molecule has 0 radical (unpaired) electrons. The molecule has 192 valence electrons. The maximum atomic E-state index is 13.1. The van der Waals surface area contributed by atoms with Gasteiger partial charge < -0.3 is 18.9 Å². The van der Waals surface area contributed by atoms with Crippen molar-refractivity contribution in [1.82, 2.24) is 4.90 Å². The first kappa shape index (κ1) is 26.0. The zero-order valence-electron chi connectivity index (χ0n) is 19.8. The maximum absolute atomic E-state index is 13.1. The molecule has 2 aliphatic rings. The van der Waals surface area contributed by atoms with Crippen molar-refractivity contribution >= 4 is 56.5 Å². The number of carbonyl (C=O) groups excluding carboxylic acids is 2. The van der Waals surface area contributed by atoms with Gasteiger partial charge in [0.05, 0.1) is 34.7 Å². The van der Waals surface area contributed by atoms with Crippen LogP contribution in [0.3, 0.4) is 0 Å². The molecule has 0 unspecified atom stereocenters. The van der Waals surface area contributed by atoms with Crippen molar-refractivity contribution in [1.29, 1.82) is 5.26 Å². The number of methoxy groups -OCH3 is 1. The van der Waals surface area contributed by atoms with Gasteiger partial charge in [0, 0.05) is 11.1 Å². The zero-order valence-corrected chi connectivity index (χ0v) is 23.0. The average Bonchev–Trinajstić information content (AvgIpc) is 3.47. The highest BCUT2D eigenvalue weighted by molar-refractivity contribution is 9.10. The Bertz CT molecular complexity index is 1520. The number of hydrogen-bond acceptors (Lipinski definition) is 8. The molecular formula is C27H18BrClN2O6S. The highest BCUT2D eigenvalue weighted by atomic mass is 79.9. The Morgan fingerprint density at radius 2 is 1.89 bits per heavy atom. The number of imide groups is 1. The summed E-state index contributed by atoms with van der Waals surface area (Å²) in [6.07, 6.45) is 1.63. The minimum atomic E-state index is -0.426. The predicted molar refractivity (Wildman–Crippen MR) is 145 cm³/mol. The fourth-order valence-corrected chi connectivity index (χ4v) is 5.46. The van der Waals surface area contributed by atoms with Crippen LogP contribution in [-0.4, -0.2) is 29.9 Å². The Morgan fingerprint density at radius 3 is 2.61 bits per heavy atom. The third-order valence-electron chi connectivity index (χ3n) is 5.76. The minimum Gasteiger partial charge on any atom is -0.493 e. The molecule has 3 aromatic carbocycles. The van der Waals surface area contributed by atoms with Crippen LogP contribution in [0.2, 0.25) is 5.02 Å². The van der Waals surface area contributed by atoms with Gasteiger partial charge in [-0.05, 0) is 80.8 Å². The maximum Gasteiger partial charge on any atom is 0.293 e. The van der Waals surface area contributed by atoms with E-state index in [2.05, 4.69) is 22.0 Å². The number of fused-ring (bicyclic) bond motifs is 1. The summed E-state index contributed by atoms with van der Waals surface area (Å²) >= 11 is 10.7. The molecule has 0 atom stereocenters. The van der Waals surface area contributed by atoms with E-state index in [1.165, 1.54) is 7.11 Å². The van der Waals surface area contributed by atoms with E-state index in [-0.39, 0.29) is 24.8 Å². The molecule has 2 amide bonds. The Labute approximate surface area is 235 Å². The van der Waals surface area contributed by atoms with Crippen molar-refractivity contribution in [3.05, 3.63) is 85.2 Å². The van der Waals surface area contributed by atoms with Crippen LogP contribution in [0.15, 0.2) is 57.9 Å². The highest BCUT2D eigenvalue weighted by Gasteiger charge is 2.36. The third-order valence-corrected chi connectivity index (χ3v) is 7.61. The summed E-state index contributed by atoms with van der Waals surface area (Å²) in [5.74, 6) is 1.55. The molecule has 1 saturated heterocycles. The van der Waals surface area contributed by atoms with Gasteiger partial charge in [0.2, 0.25) is 6.79 Å². The molecule has 0 spiro atoms. The number of ether oxygens (including phenoxy) is 4. The lowest BCUT2D eigenvalue weighted by Crippen LogP contribution is -2.27. The fraction of sp³-hybridized carbons (Fsp3) is 0.148. The first-order valence-electron chi connectivity index (χ1n) is 11.2. The summed E-state index contributed by atoms with van der Waals surface area (Å²) in [6, 6.07) is 16.0. The number of rotatable bonds is 7. The van der Waals surface area contributed by atoms with E-state index < -0.39 is 11.1 Å². The monoisotopic (exact) mass is 612 g/mol. The molecule has 2 heterocycles. The Hall–Kier alpha value is -3.65. The van der Waals surface area contributed by atoms with Gasteiger partial charge in [-0.2, -0.15) is 5.26 Å². The lowest BCUT2D eigenvalue weighted by molar-refractivity contribution is -0.123. The second kappa shape index (κ2) is 11.0. The molecule has 0 aliphatic carbocycles. The summed E-state index contributed by atoms with van der Waals surface area (Å²) in [5, 5.41) is 8.93. The number of carbonyl (C=O) groups is 2. The second-order valence-corrected chi connectivity index (χ2v) is 10.5. The largest absolute Gasteiger partial charge is 0.493 e. The van der Waals surface area contributed by atoms with Gasteiger partial charge in [0.1, 0.15) is 6.61 Å². The normalized spacial score (nSPS) is 15.2. The van der Waals surface area contributed by atoms with Crippen LogP contribution in [0.25, 0.3) is 6.08 Å². The third kappa shape index (κ3) is 5.31. The van der Waals surface area contributed by atoms with Crippen molar-refractivity contribution in [3.63, 3.8) is 0 Å². The first-order chi connectivity index (χ1) is 18.4. The Morgan fingerprint density at radius 1 is 1.16 bits per heavy atom. The summed E-state index contributed by atoms with van der Waals surface area (Å²) in [7, 11) is 1.52. The van der Waals surface area contributed by atoms with Crippen molar-refractivity contribution in [2.75, 3.05) is 13.9 Å². The number of halogens is 2. The van der Waals surface area contributed by atoms with Crippen LogP contribution in [0.5, 0.6) is 23.0 Å². The van der Waals surface area contributed by atoms with Crippen LogP contribution >= 0.6 is 39.3 Å². The number of thioether (sulfide) groups is 1. The SMILES string of the molecule is COc1cc(/C=C2/SC(=O)N(Cc3cc4c(cc3Cl)OCO4)C2=O)cc(Br)c1OCc1ccc(C#N)cc1. The van der Waals surface area contributed by atoms with E-state index in [0.717, 1.165) is 22.2 Å². The number of nitrogens with zero attached hydrogens (tertiary/aromatic N) is 2. The molecule has 0 bridgehead atoms. The van der Waals surface area contributed by atoms with Gasteiger partial charge in [0.25, 0.3) is 11.1 Å². The summed E-state index contributed by atoms with van der Waals surface area (Å²) in [4.78, 5) is 27.2. The fourth-order valence-electron chi connectivity index (χ4n) is 3.83. The second-order valence-electron chi connectivity index (χ2n) is 8.20. The molecule has 38 heavy (non-hydrogen) atoms. The molecule has 11 heteroatoms. The summed E-state index contributed by atoms with van der Waals surface area (Å²) in [6.45, 7) is 0.367. The Kier molecular flexibility index (Phi) is 7.51. The van der Waals surface area contributed by atoms with E-state index in [4.69, 9.17) is 35.8 Å². The van der Waals surface area contributed by atoms with Gasteiger partial charge in [-0.25, -0.2) is 0 Å². The molecule has 0 aromatic heterocycles. The van der Waals surface area contributed by atoms with Crippen LogP contribution in [0, 0.1) is 11.3 Å². The Balaban J connectivity index is 1.33.